The highest BCUT2D eigenvalue weighted by Gasteiger charge is 2.12. The van der Waals surface area contributed by atoms with Crippen molar-refractivity contribution in [1.29, 1.82) is 0 Å². The first kappa shape index (κ1) is 7.43. The molecule has 62 valence electrons. The monoisotopic (exact) mass is 182 g/mol. The summed E-state index contributed by atoms with van der Waals surface area (Å²) in [5.41, 5.74) is 6.11. The lowest BCUT2D eigenvalue weighted by Crippen LogP contribution is -2.23. The second kappa shape index (κ2) is 2.68. The molecule has 1 aliphatic heterocycles. The van der Waals surface area contributed by atoms with E-state index in [0.29, 0.717) is 28.9 Å². The average molecular weight is 183 g/mol. The highest BCUT2D eigenvalue weighted by atomic mass is 35.5. The Morgan fingerprint density at radius 1 is 1.50 bits per heavy atom. The standard InChI is InChI=1S/C8H7ClN2O/c9-5-2-1-3-6-8(5)11-7(10)4-12-6/h1-3H,4H2,(H2,10,11). The first-order chi connectivity index (χ1) is 5.77. The molecule has 2 rings (SSSR count). The quantitative estimate of drug-likeness (QED) is 0.664. The maximum absolute atomic E-state index is 5.86. The number of amidine groups is 1. The van der Waals surface area contributed by atoms with Gasteiger partial charge in [-0.1, -0.05) is 17.7 Å². The first-order valence-electron chi connectivity index (χ1n) is 3.52. The zero-order chi connectivity index (χ0) is 8.55. The van der Waals surface area contributed by atoms with Crippen LogP contribution in [0.3, 0.4) is 0 Å². The molecule has 0 radical (unpaired) electrons. The zero-order valence-electron chi connectivity index (χ0n) is 6.25. The summed E-state index contributed by atoms with van der Waals surface area (Å²) in [7, 11) is 0. The number of nitrogens with two attached hydrogens (primary N) is 1. The van der Waals surface area contributed by atoms with Gasteiger partial charge in [0.2, 0.25) is 0 Å². The third-order valence-electron chi connectivity index (χ3n) is 1.58. The Labute approximate surface area is 74.8 Å². The lowest BCUT2D eigenvalue weighted by Gasteiger charge is -2.14. The number of hydrogen-bond donors (Lipinski definition) is 1. The van der Waals surface area contributed by atoms with Crippen LogP contribution in [0.4, 0.5) is 5.69 Å². The molecule has 0 aromatic heterocycles. The van der Waals surface area contributed by atoms with Crippen molar-refractivity contribution in [3.63, 3.8) is 0 Å². The van der Waals surface area contributed by atoms with E-state index in [1.807, 2.05) is 12.1 Å². The first-order valence-corrected chi connectivity index (χ1v) is 3.89. The fourth-order valence-corrected chi connectivity index (χ4v) is 1.26. The van der Waals surface area contributed by atoms with Crippen LogP contribution in [-0.4, -0.2) is 12.4 Å². The molecule has 0 saturated carbocycles. The summed E-state index contributed by atoms with van der Waals surface area (Å²) >= 11 is 5.86. The second-order valence-corrected chi connectivity index (χ2v) is 2.89. The normalized spacial score (nSPS) is 14.6. The van der Waals surface area contributed by atoms with E-state index in [0.717, 1.165) is 0 Å². The van der Waals surface area contributed by atoms with Crippen molar-refractivity contribution in [3.05, 3.63) is 23.2 Å². The molecule has 0 amide bonds. The number of ether oxygens (including phenoxy) is 1. The van der Waals surface area contributed by atoms with E-state index in [2.05, 4.69) is 4.99 Å². The molecule has 0 saturated heterocycles. The molecule has 1 aromatic rings. The van der Waals surface area contributed by atoms with Crippen molar-refractivity contribution in [2.24, 2.45) is 10.7 Å². The number of fused-ring (bicyclic) bond motifs is 1. The van der Waals surface area contributed by atoms with Crippen molar-refractivity contribution >= 4 is 23.1 Å². The minimum atomic E-state index is 0.341. The summed E-state index contributed by atoms with van der Waals surface area (Å²) < 4.78 is 5.28. The van der Waals surface area contributed by atoms with Gasteiger partial charge in [-0.15, -0.1) is 0 Å². The number of aliphatic imine (C=N–C) groups is 1. The van der Waals surface area contributed by atoms with Gasteiger partial charge in [-0.25, -0.2) is 4.99 Å². The number of halogens is 1. The Balaban J connectivity index is 2.59. The van der Waals surface area contributed by atoms with Crippen LogP contribution in [0.1, 0.15) is 0 Å². The molecule has 0 bridgehead atoms. The molecule has 3 nitrogen and oxygen atoms in total. The summed E-state index contributed by atoms with van der Waals surface area (Å²) in [5, 5.41) is 0.565. The molecule has 12 heavy (non-hydrogen) atoms. The van der Waals surface area contributed by atoms with Crippen LogP contribution in [0.5, 0.6) is 5.75 Å². The van der Waals surface area contributed by atoms with Gasteiger partial charge in [0.15, 0.2) is 0 Å². The lowest BCUT2D eigenvalue weighted by molar-refractivity contribution is 0.371. The van der Waals surface area contributed by atoms with Crippen LogP contribution in [0, 0.1) is 0 Å². The molecular formula is C8H7ClN2O. The Morgan fingerprint density at radius 2 is 2.33 bits per heavy atom. The number of hydrogen-bond acceptors (Lipinski definition) is 3. The lowest BCUT2D eigenvalue weighted by atomic mass is 10.3. The maximum atomic E-state index is 5.86. The van der Waals surface area contributed by atoms with Gasteiger partial charge in [0.05, 0.1) is 5.02 Å². The van der Waals surface area contributed by atoms with Crippen LogP contribution in [0.25, 0.3) is 0 Å². The third kappa shape index (κ3) is 1.12. The molecular weight excluding hydrogens is 176 g/mol. The predicted molar refractivity (Wildman–Crippen MR) is 48.2 cm³/mol. The largest absolute Gasteiger partial charge is 0.483 e. The number of nitrogens with zero attached hydrogens (tertiary/aromatic N) is 1. The second-order valence-electron chi connectivity index (χ2n) is 2.48. The molecule has 0 spiro atoms. The summed E-state index contributed by atoms with van der Waals surface area (Å²) in [4.78, 5) is 4.08. The highest BCUT2D eigenvalue weighted by molar-refractivity contribution is 6.33. The van der Waals surface area contributed by atoms with E-state index in [-0.39, 0.29) is 0 Å². The third-order valence-corrected chi connectivity index (χ3v) is 1.89. The zero-order valence-corrected chi connectivity index (χ0v) is 7.01. The number of benzene rings is 1. The Kier molecular flexibility index (Phi) is 1.66. The van der Waals surface area contributed by atoms with Gasteiger partial charge >= 0.3 is 0 Å². The molecule has 1 aliphatic rings. The fourth-order valence-electron chi connectivity index (χ4n) is 1.05. The maximum Gasteiger partial charge on any atom is 0.147 e. The van der Waals surface area contributed by atoms with E-state index in [1.165, 1.54) is 0 Å². The van der Waals surface area contributed by atoms with Gasteiger partial charge in [0, 0.05) is 0 Å². The van der Waals surface area contributed by atoms with Gasteiger partial charge in [0.25, 0.3) is 0 Å². The molecule has 1 aromatic carbocycles. The predicted octanol–water partition coefficient (Wildman–Crippen LogP) is 1.72. The van der Waals surface area contributed by atoms with Crippen molar-refractivity contribution in [2.75, 3.05) is 6.61 Å². The van der Waals surface area contributed by atoms with E-state index in [9.17, 15) is 0 Å². The Morgan fingerprint density at radius 3 is 3.17 bits per heavy atom. The minimum Gasteiger partial charge on any atom is -0.483 e. The SMILES string of the molecule is NC1=Nc2c(Cl)cccc2OC1. The molecule has 1 heterocycles. The minimum absolute atomic E-state index is 0.341. The average Bonchev–Trinajstić information content (AvgIpc) is 2.07. The van der Waals surface area contributed by atoms with Crippen molar-refractivity contribution in [3.8, 4) is 5.75 Å². The van der Waals surface area contributed by atoms with Crippen LogP contribution in [0.15, 0.2) is 23.2 Å². The van der Waals surface area contributed by atoms with Gasteiger partial charge in [0.1, 0.15) is 23.9 Å². The van der Waals surface area contributed by atoms with Crippen LogP contribution in [0.2, 0.25) is 5.02 Å². The number of rotatable bonds is 0. The summed E-state index contributed by atoms with van der Waals surface area (Å²) in [6.07, 6.45) is 0. The smallest absolute Gasteiger partial charge is 0.147 e. The van der Waals surface area contributed by atoms with Crippen LogP contribution < -0.4 is 10.5 Å². The Hall–Kier alpha value is -1.22. The van der Waals surface area contributed by atoms with E-state index in [1.54, 1.807) is 6.07 Å². The summed E-state index contributed by atoms with van der Waals surface area (Å²) in [5.74, 6) is 1.15. The topological polar surface area (TPSA) is 47.6 Å². The van der Waals surface area contributed by atoms with Crippen LogP contribution >= 0.6 is 11.6 Å². The molecule has 2 N–H and O–H groups in total. The van der Waals surface area contributed by atoms with Gasteiger partial charge in [-0.05, 0) is 12.1 Å². The van der Waals surface area contributed by atoms with E-state index < -0.39 is 0 Å². The summed E-state index contributed by atoms with van der Waals surface area (Å²) in [6, 6.07) is 5.39. The Bertz CT molecular complexity index is 349. The molecule has 4 heteroatoms. The molecule has 0 aliphatic carbocycles. The van der Waals surface area contributed by atoms with E-state index >= 15 is 0 Å². The highest BCUT2D eigenvalue weighted by Crippen LogP contribution is 2.36. The number of para-hydroxylation sites is 1. The molecule has 0 fully saturated rings. The summed E-state index contributed by atoms with van der Waals surface area (Å²) in [6.45, 7) is 0.341. The van der Waals surface area contributed by atoms with Crippen LogP contribution in [-0.2, 0) is 0 Å². The van der Waals surface area contributed by atoms with Crippen molar-refractivity contribution in [2.45, 2.75) is 0 Å². The van der Waals surface area contributed by atoms with Gasteiger partial charge in [-0.2, -0.15) is 0 Å². The molecule has 0 unspecified atom stereocenters. The van der Waals surface area contributed by atoms with Crippen molar-refractivity contribution in [1.82, 2.24) is 0 Å². The van der Waals surface area contributed by atoms with Gasteiger partial charge < -0.3 is 10.5 Å². The fraction of sp³-hybridized carbons (Fsp3) is 0.125. The van der Waals surface area contributed by atoms with Crippen molar-refractivity contribution < 1.29 is 4.74 Å². The van der Waals surface area contributed by atoms with E-state index in [4.69, 9.17) is 22.1 Å². The van der Waals surface area contributed by atoms with Gasteiger partial charge in [-0.3, -0.25) is 0 Å². The molecule has 0 atom stereocenters.